The maximum atomic E-state index is 9.36. The highest BCUT2D eigenvalue weighted by Gasteiger charge is 2.15. The first-order chi connectivity index (χ1) is 12.7. The molecular weight excluding hydrogens is 346 g/mol. The van der Waals surface area contributed by atoms with Gasteiger partial charge >= 0.3 is 0 Å². The van der Waals surface area contributed by atoms with Crippen molar-refractivity contribution in [2.75, 3.05) is 31.6 Å². The molecule has 0 radical (unpaired) electrons. The largest absolute Gasteiger partial charge is 0.376 e. The highest BCUT2D eigenvalue weighted by atomic mass is 32.1. The topological polar surface area (TPSA) is 82.0 Å². The van der Waals surface area contributed by atoms with Crippen molar-refractivity contribution in [1.82, 2.24) is 15.6 Å². The molecule has 0 amide bonds. The standard InChI is InChI=1S/C19H23N5OS/c1-13-4-5-14-10-15(11-20)18(24-17(14)9-13)21-6-7-22-19(26)23-12-16-3-2-8-25-16/h4-5,9-10,16H,2-3,6-8,12H2,1H3,(H,21,24)(H2,22,23,26). The number of fused-ring (bicyclic) bond motifs is 1. The molecule has 2 aromatic rings. The van der Waals surface area contributed by atoms with E-state index in [1.165, 1.54) is 0 Å². The summed E-state index contributed by atoms with van der Waals surface area (Å²) in [5.74, 6) is 0.602. The lowest BCUT2D eigenvalue weighted by Gasteiger charge is -2.14. The molecule has 3 rings (SSSR count). The summed E-state index contributed by atoms with van der Waals surface area (Å²) in [4.78, 5) is 4.59. The Labute approximate surface area is 158 Å². The Morgan fingerprint density at radius 2 is 2.23 bits per heavy atom. The summed E-state index contributed by atoms with van der Waals surface area (Å²) in [7, 11) is 0. The van der Waals surface area contributed by atoms with Gasteiger partial charge in [-0.15, -0.1) is 0 Å². The SMILES string of the molecule is Cc1ccc2cc(C#N)c(NCCNC(=S)NCC3CCCO3)nc2c1. The van der Waals surface area contributed by atoms with Gasteiger partial charge < -0.3 is 20.7 Å². The summed E-state index contributed by atoms with van der Waals surface area (Å²) in [6, 6.07) is 10.1. The number of ether oxygens (including phenoxy) is 1. The van der Waals surface area contributed by atoms with Gasteiger partial charge in [-0.3, -0.25) is 0 Å². The van der Waals surface area contributed by atoms with Gasteiger partial charge in [0.05, 0.1) is 17.2 Å². The van der Waals surface area contributed by atoms with Gasteiger partial charge in [0.15, 0.2) is 5.11 Å². The Morgan fingerprint density at radius 3 is 3.00 bits per heavy atom. The number of nitrogens with one attached hydrogen (secondary N) is 3. The second-order valence-corrected chi connectivity index (χ2v) is 6.80. The molecule has 1 aromatic carbocycles. The van der Waals surface area contributed by atoms with Crippen molar-refractivity contribution >= 4 is 34.1 Å². The van der Waals surface area contributed by atoms with Crippen molar-refractivity contribution in [1.29, 1.82) is 5.26 Å². The second kappa shape index (κ2) is 8.79. The molecule has 1 aliphatic heterocycles. The normalized spacial score (nSPS) is 16.2. The first-order valence-electron chi connectivity index (χ1n) is 8.84. The number of aromatic nitrogens is 1. The van der Waals surface area contributed by atoms with Crippen LogP contribution in [0.2, 0.25) is 0 Å². The minimum atomic E-state index is 0.260. The Balaban J connectivity index is 1.49. The molecule has 6 nitrogen and oxygen atoms in total. The number of thiocarbonyl (C=S) groups is 1. The highest BCUT2D eigenvalue weighted by molar-refractivity contribution is 7.80. The average molecular weight is 369 g/mol. The Kier molecular flexibility index (Phi) is 6.21. The Morgan fingerprint density at radius 1 is 1.35 bits per heavy atom. The van der Waals surface area contributed by atoms with Crippen LogP contribution in [0.15, 0.2) is 24.3 Å². The number of benzene rings is 1. The van der Waals surface area contributed by atoms with Crippen molar-refractivity contribution in [3.8, 4) is 6.07 Å². The van der Waals surface area contributed by atoms with Crippen molar-refractivity contribution < 1.29 is 4.74 Å². The van der Waals surface area contributed by atoms with E-state index in [1.807, 2.05) is 31.2 Å². The van der Waals surface area contributed by atoms with E-state index in [4.69, 9.17) is 17.0 Å². The van der Waals surface area contributed by atoms with E-state index in [2.05, 4.69) is 27.0 Å². The number of pyridine rings is 1. The monoisotopic (exact) mass is 369 g/mol. The third-order valence-corrected chi connectivity index (χ3v) is 4.60. The molecule has 3 N–H and O–H groups in total. The number of nitrogens with zero attached hydrogens (tertiary/aromatic N) is 2. The Bertz CT molecular complexity index is 827. The molecule has 1 aliphatic rings. The van der Waals surface area contributed by atoms with Crippen LogP contribution in [0.5, 0.6) is 0 Å². The van der Waals surface area contributed by atoms with Crippen LogP contribution in [0.1, 0.15) is 24.0 Å². The molecule has 0 aliphatic carbocycles. The van der Waals surface area contributed by atoms with Crippen molar-refractivity contribution in [3.63, 3.8) is 0 Å². The molecule has 1 fully saturated rings. The number of nitriles is 1. The van der Waals surface area contributed by atoms with Crippen LogP contribution >= 0.6 is 12.2 Å². The van der Waals surface area contributed by atoms with Gasteiger partial charge in [-0.05, 0) is 49.7 Å². The quantitative estimate of drug-likeness (QED) is 0.533. The molecule has 1 aromatic heterocycles. The zero-order chi connectivity index (χ0) is 18.4. The fourth-order valence-corrected chi connectivity index (χ4v) is 3.11. The van der Waals surface area contributed by atoms with Crippen LogP contribution in [0.3, 0.4) is 0 Å². The lowest BCUT2D eigenvalue weighted by molar-refractivity contribution is 0.114. The molecule has 0 saturated carbocycles. The summed E-state index contributed by atoms with van der Waals surface area (Å²) in [6.45, 7) is 4.86. The first kappa shape index (κ1) is 18.4. The molecule has 1 unspecified atom stereocenters. The van der Waals surface area contributed by atoms with Crippen LogP contribution in [-0.4, -0.2) is 42.4 Å². The van der Waals surface area contributed by atoms with Gasteiger partial charge in [-0.25, -0.2) is 4.98 Å². The lowest BCUT2D eigenvalue weighted by atomic mass is 10.1. The molecule has 2 heterocycles. The van der Waals surface area contributed by atoms with E-state index >= 15 is 0 Å². The van der Waals surface area contributed by atoms with Gasteiger partial charge in [0.25, 0.3) is 0 Å². The number of hydrogen-bond acceptors (Lipinski definition) is 5. The molecular formula is C19H23N5OS. The molecule has 1 saturated heterocycles. The van der Waals surface area contributed by atoms with E-state index in [-0.39, 0.29) is 6.10 Å². The van der Waals surface area contributed by atoms with Crippen LogP contribution < -0.4 is 16.0 Å². The summed E-state index contributed by atoms with van der Waals surface area (Å²) in [6.07, 6.45) is 2.47. The number of anilines is 1. The fraction of sp³-hybridized carbons (Fsp3) is 0.421. The number of rotatable bonds is 6. The highest BCUT2D eigenvalue weighted by Crippen LogP contribution is 2.20. The van der Waals surface area contributed by atoms with E-state index in [1.54, 1.807) is 0 Å². The smallest absolute Gasteiger partial charge is 0.166 e. The van der Waals surface area contributed by atoms with Gasteiger partial charge in [-0.1, -0.05) is 12.1 Å². The van der Waals surface area contributed by atoms with Gasteiger partial charge in [0.1, 0.15) is 11.9 Å². The predicted molar refractivity (Wildman–Crippen MR) is 107 cm³/mol. The molecule has 0 bridgehead atoms. The minimum Gasteiger partial charge on any atom is -0.376 e. The van der Waals surface area contributed by atoms with Gasteiger partial charge in [-0.2, -0.15) is 5.26 Å². The minimum absolute atomic E-state index is 0.260. The van der Waals surface area contributed by atoms with Gasteiger partial charge in [0, 0.05) is 31.6 Å². The summed E-state index contributed by atoms with van der Waals surface area (Å²) >= 11 is 5.27. The maximum absolute atomic E-state index is 9.36. The van der Waals surface area contributed by atoms with Crippen LogP contribution in [0.4, 0.5) is 5.82 Å². The van der Waals surface area contributed by atoms with E-state index in [0.717, 1.165) is 42.5 Å². The second-order valence-electron chi connectivity index (χ2n) is 6.39. The first-order valence-corrected chi connectivity index (χ1v) is 9.25. The zero-order valence-electron chi connectivity index (χ0n) is 14.8. The third kappa shape index (κ3) is 4.81. The van der Waals surface area contributed by atoms with E-state index in [9.17, 15) is 5.26 Å². The summed E-state index contributed by atoms with van der Waals surface area (Å²) in [5, 5.41) is 20.5. The van der Waals surface area contributed by atoms with Crippen LogP contribution in [0.25, 0.3) is 10.9 Å². The molecule has 0 spiro atoms. The predicted octanol–water partition coefficient (Wildman–Crippen LogP) is 2.47. The zero-order valence-corrected chi connectivity index (χ0v) is 15.7. The summed E-state index contributed by atoms with van der Waals surface area (Å²) < 4.78 is 5.55. The molecule has 26 heavy (non-hydrogen) atoms. The van der Waals surface area contributed by atoms with E-state index in [0.29, 0.717) is 29.6 Å². The van der Waals surface area contributed by atoms with Crippen LogP contribution in [-0.2, 0) is 4.74 Å². The Hall–Kier alpha value is -2.43. The summed E-state index contributed by atoms with van der Waals surface area (Å²) in [5.41, 5.74) is 2.57. The number of aryl methyl sites for hydroxylation is 1. The van der Waals surface area contributed by atoms with E-state index < -0.39 is 0 Å². The molecule has 136 valence electrons. The maximum Gasteiger partial charge on any atom is 0.166 e. The molecule has 7 heteroatoms. The average Bonchev–Trinajstić information content (AvgIpc) is 3.16. The van der Waals surface area contributed by atoms with Crippen molar-refractivity contribution in [3.05, 3.63) is 35.4 Å². The fourth-order valence-electron chi connectivity index (χ4n) is 2.93. The lowest BCUT2D eigenvalue weighted by Crippen LogP contribution is -2.41. The number of hydrogen-bond donors (Lipinski definition) is 3. The van der Waals surface area contributed by atoms with Crippen molar-refractivity contribution in [2.24, 2.45) is 0 Å². The third-order valence-electron chi connectivity index (χ3n) is 4.31. The van der Waals surface area contributed by atoms with Crippen LogP contribution in [0, 0.1) is 18.3 Å². The van der Waals surface area contributed by atoms with Crippen molar-refractivity contribution in [2.45, 2.75) is 25.9 Å². The molecule has 1 atom stereocenters. The van der Waals surface area contributed by atoms with Gasteiger partial charge in [0.2, 0.25) is 0 Å².